The van der Waals surface area contributed by atoms with E-state index in [-0.39, 0.29) is 17.2 Å². The van der Waals surface area contributed by atoms with Crippen molar-refractivity contribution in [1.82, 2.24) is 14.8 Å². The Hall–Kier alpha value is -2.58. The van der Waals surface area contributed by atoms with Gasteiger partial charge in [0.1, 0.15) is 0 Å². The number of nitrogen functional groups attached to an aromatic ring is 1. The van der Waals surface area contributed by atoms with Gasteiger partial charge in [0, 0.05) is 6.20 Å². The van der Waals surface area contributed by atoms with Crippen LogP contribution in [0.15, 0.2) is 24.4 Å². The number of nitrogens with two attached hydrogens (primary N) is 1. The van der Waals surface area contributed by atoms with E-state index in [0.29, 0.717) is 0 Å². The van der Waals surface area contributed by atoms with Crippen LogP contribution in [0.4, 0.5) is 18.9 Å². The van der Waals surface area contributed by atoms with E-state index in [1.54, 1.807) is 0 Å². The van der Waals surface area contributed by atoms with E-state index in [1.165, 1.54) is 6.07 Å². The summed E-state index contributed by atoms with van der Waals surface area (Å²) >= 11 is 0. The molecule has 0 saturated carbocycles. The third kappa shape index (κ3) is 2.49. The number of carboxylic acids is 1. The van der Waals surface area contributed by atoms with Crippen molar-refractivity contribution in [2.45, 2.75) is 6.18 Å². The first kappa shape index (κ1) is 12.9. The second-order valence-corrected chi connectivity index (χ2v) is 3.56. The summed E-state index contributed by atoms with van der Waals surface area (Å²) in [4.78, 5) is 14.4. The number of alkyl halides is 3. The zero-order valence-corrected chi connectivity index (χ0v) is 9.22. The van der Waals surface area contributed by atoms with Crippen LogP contribution < -0.4 is 5.73 Å². The van der Waals surface area contributed by atoms with Crippen molar-refractivity contribution in [3.05, 3.63) is 35.8 Å². The molecule has 0 bridgehead atoms. The molecule has 0 saturated heterocycles. The lowest BCUT2D eigenvalue weighted by Gasteiger charge is -2.06. The first-order valence-electron chi connectivity index (χ1n) is 4.92. The highest BCUT2D eigenvalue weighted by Gasteiger charge is 2.33. The van der Waals surface area contributed by atoms with Crippen LogP contribution in [0.1, 0.15) is 16.2 Å². The average molecular weight is 272 g/mol. The van der Waals surface area contributed by atoms with Gasteiger partial charge in [-0.1, -0.05) is 0 Å². The molecule has 0 unspecified atom stereocenters. The molecule has 0 aliphatic carbocycles. The number of anilines is 1. The minimum Gasteiger partial charge on any atom is -0.477 e. The van der Waals surface area contributed by atoms with Gasteiger partial charge in [-0.05, 0) is 18.2 Å². The van der Waals surface area contributed by atoms with Gasteiger partial charge in [-0.15, -0.1) is 0 Å². The van der Waals surface area contributed by atoms with Gasteiger partial charge >= 0.3 is 12.1 Å². The maximum absolute atomic E-state index is 12.4. The Morgan fingerprint density at radius 2 is 2.00 bits per heavy atom. The normalized spacial score (nSPS) is 11.5. The summed E-state index contributed by atoms with van der Waals surface area (Å²) in [7, 11) is 0. The lowest BCUT2D eigenvalue weighted by molar-refractivity contribution is -0.141. The van der Waals surface area contributed by atoms with Crippen molar-refractivity contribution in [3.63, 3.8) is 0 Å². The van der Waals surface area contributed by atoms with E-state index in [1.807, 2.05) is 0 Å². The molecule has 0 radical (unpaired) electrons. The van der Waals surface area contributed by atoms with Crippen LogP contribution in [0.3, 0.4) is 0 Å². The largest absolute Gasteiger partial charge is 0.477 e. The minimum atomic E-state index is -4.59. The molecule has 100 valence electrons. The summed E-state index contributed by atoms with van der Waals surface area (Å²) in [5.74, 6) is -1.49. The molecule has 0 aliphatic rings. The molecule has 19 heavy (non-hydrogen) atoms. The maximum Gasteiger partial charge on any atom is 0.435 e. The summed E-state index contributed by atoms with van der Waals surface area (Å²) < 4.78 is 38.0. The van der Waals surface area contributed by atoms with Crippen molar-refractivity contribution in [2.75, 3.05) is 5.73 Å². The highest BCUT2D eigenvalue weighted by Crippen LogP contribution is 2.28. The molecule has 0 fully saturated rings. The zero-order valence-electron chi connectivity index (χ0n) is 9.22. The smallest absolute Gasteiger partial charge is 0.435 e. The predicted molar refractivity (Wildman–Crippen MR) is 57.7 cm³/mol. The Balaban J connectivity index is 2.49. The van der Waals surface area contributed by atoms with Gasteiger partial charge < -0.3 is 10.8 Å². The molecular formula is C10H7F3N4O2. The van der Waals surface area contributed by atoms with Gasteiger partial charge in [-0.25, -0.2) is 14.5 Å². The molecule has 6 nitrogen and oxygen atoms in total. The van der Waals surface area contributed by atoms with Gasteiger partial charge in [-0.2, -0.15) is 18.3 Å². The molecule has 2 heterocycles. The first-order chi connectivity index (χ1) is 8.79. The van der Waals surface area contributed by atoms with Crippen LogP contribution in [0.25, 0.3) is 5.82 Å². The van der Waals surface area contributed by atoms with E-state index >= 15 is 0 Å². The number of pyridine rings is 1. The number of hydrogen-bond donors (Lipinski definition) is 2. The quantitative estimate of drug-likeness (QED) is 0.865. The maximum atomic E-state index is 12.4. The van der Waals surface area contributed by atoms with Crippen LogP contribution in [0.5, 0.6) is 0 Å². The van der Waals surface area contributed by atoms with Crippen molar-refractivity contribution in [3.8, 4) is 5.82 Å². The number of aromatic carboxylic acids is 1. The third-order valence-corrected chi connectivity index (χ3v) is 2.22. The molecule has 0 aromatic carbocycles. The second-order valence-electron chi connectivity index (χ2n) is 3.56. The summed E-state index contributed by atoms with van der Waals surface area (Å²) in [6, 6.07) is 3.13. The van der Waals surface area contributed by atoms with Gasteiger partial charge in [0.05, 0.1) is 5.69 Å². The standard InChI is InChI=1S/C10H7F3N4O2/c11-10(12,13)7-3-4-17(16-7)8-5(14)1-2-6(15-8)9(18)19/h1-4H,14H2,(H,18,19). The van der Waals surface area contributed by atoms with Crippen LogP contribution in [0, 0.1) is 0 Å². The first-order valence-corrected chi connectivity index (χ1v) is 4.92. The van der Waals surface area contributed by atoms with Crippen molar-refractivity contribution in [2.24, 2.45) is 0 Å². The van der Waals surface area contributed by atoms with Gasteiger partial charge in [0.2, 0.25) is 0 Å². The predicted octanol–water partition coefficient (Wildman–Crippen LogP) is 1.57. The van der Waals surface area contributed by atoms with Crippen molar-refractivity contribution < 1.29 is 23.1 Å². The van der Waals surface area contributed by atoms with Gasteiger partial charge in [-0.3, -0.25) is 0 Å². The number of hydrogen-bond acceptors (Lipinski definition) is 4. The number of carboxylic acid groups (broad SMARTS) is 1. The molecule has 9 heteroatoms. The third-order valence-electron chi connectivity index (χ3n) is 2.22. The second kappa shape index (κ2) is 4.26. The molecule has 2 aromatic heterocycles. The lowest BCUT2D eigenvalue weighted by Crippen LogP contribution is -2.11. The Kier molecular flexibility index (Phi) is 2.89. The number of rotatable bonds is 2. The van der Waals surface area contributed by atoms with E-state index in [4.69, 9.17) is 10.8 Å². The summed E-state index contributed by atoms with van der Waals surface area (Å²) in [5, 5.41) is 12.0. The van der Waals surface area contributed by atoms with Crippen molar-refractivity contribution in [1.29, 1.82) is 0 Å². The Labute approximate surface area is 104 Å². The molecule has 2 rings (SSSR count). The van der Waals surface area contributed by atoms with E-state index < -0.39 is 17.8 Å². The highest BCUT2D eigenvalue weighted by atomic mass is 19.4. The average Bonchev–Trinajstić information content (AvgIpc) is 2.78. The molecule has 0 aliphatic heterocycles. The highest BCUT2D eigenvalue weighted by molar-refractivity contribution is 5.86. The monoisotopic (exact) mass is 272 g/mol. The number of nitrogens with zero attached hydrogens (tertiary/aromatic N) is 3. The molecule has 0 amide bonds. The van der Waals surface area contributed by atoms with E-state index in [9.17, 15) is 18.0 Å². The fourth-order valence-corrected chi connectivity index (χ4v) is 1.35. The van der Waals surface area contributed by atoms with Gasteiger partial charge in [0.25, 0.3) is 0 Å². The topological polar surface area (TPSA) is 94.0 Å². The van der Waals surface area contributed by atoms with Gasteiger partial charge in [0.15, 0.2) is 17.2 Å². The van der Waals surface area contributed by atoms with E-state index in [2.05, 4.69) is 10.1 Å². The van der Waals surface area contributed by atoms with Crippen LogP contribution >= 0.6 is 0 Å². The molecule has 0 spiro atoms. The summed E-state index contributed by atoms with van der Waals surface area (Å²) in [6.45, 7) is 0. The Bertz CT molecular complexity index is 636. The lowest BCUT2D eigenvalue weighted by atomic mass is 10.3. The van der Waals surface area contributed by atoms with Crippen LogP contribution in [-0.4, -0.2) is 25.8 Å². The number of halogens is 3. The Morgan fingerprint density at radius 1 is 1.32 bits per heavy atom. The summed E-state index contributed by atoms with van der Waals surface area (Å²) in [5.41, 5.74) is 4.10. The SMILES string of the molecule is Nc1ccc(C(=O)O)nc1-n1ccc(C(F)(F)F)n1. The van der Waals surface area contributed by atoms with Crippen LogP contribution in [-0.2, 0) is 6.18 Å². The van der Waals surface area contributed by atoms with E-state index in [0.717, 1.165) is 23.0 Å². The van der Waals surface area contributed by atoms with Crippen molar-refractivity contribution >= 4 is 11.7 Å². The zero-order chi connectivity index (χ0) is 14.2. The van der Waals surface area contributed by atoms with Crippen LogP contribution in [0.2, 0.25) is 0 Å². The summed E-state index contributed by atoms with van der Waals surface area (Å²) in [6.07, 6.45) is -3.59. The molecular weight excluding hydrogens is 265 g/mol. The molecule has 2 aromatic rings. The number of aromatic nitrogens is 3. The number of carbonyl (C=O) groups is 1. The molecule has 0 atom stereocenters. The fraction of sp³-hybridized carbons (Fsp3) is 0.100. The minimum absolute atomic E-state index is 0.0156. The molecule has 3 N–H and O–H groups in total. The Morgan fingerprint density at radius 3 is 2.53 bits per heavy atom. The fourth-order valence-electron chi connectivity index (χ4n) is 1.35.